The Bertz CT molecular complexity index is 661. The molecule has 1 heterocycles. The van der Waals surface area contributed by atoms with Gasteiger partial charge in [0, 0.05) is 27.5 Å². The Balaban J connectivity index is 2.34. The highest BCUT2D eigenvalue weighted by Gasteiger charge is 2.05. The van der Waals surface area contributed by atoms with Crippen LogP contribution in [0.25, 0.3) is 0 Å². The van der Waals surface area contributed by atoms with Gasteiger partial charge in [-0.05, 0) is 31.2 Å². The Hall–Kier alpha value is -1.66. The number of pyridine rings is 1. The molecule has 20 heavy (non-hydrogen) atoms. The monoisotopic (exact) mass is 351 g/mol. The highest BCUT2D eigenvalue weighted by Crippen LogP contribution is 2.26. The lowest BCUT2D eigenvalue weighted by Crippen LogP contribution is -2.10. The van der Waals surface area contributed by atoms with E-state index < -0.39 is 0 Å². The Morgan fingerprint density at radius 2 is 2.05 bits per heavy atom. The number of ether oxygens (including phenoxy) is 1. The largest absolute Gasteiger partial charge is 0.497 e. The number of hydrogen-bond donors (Lipinski definition) is 2. The molecule has 1 aromatic heterocycles. The van der Waals surface area contributed by atoms with Gasteiger partial charge in [-0.1, -0.05) is 28.1 Å². The lowest BCUT2D eigenvalue weighted by atomic mass is 10.2. The second-order valence-corrected chi connectivity index (χ2v) is 5.61. The third-order valence-corrected chi connectivity index (χ3v) is 3.31. The van der Waals surface area contributed by atoms with Crippen LogP contribution in [0.4, 0.5) is 11.5 Å². The number of anilines is 2. The van der Waals surface area contributed by atoms with Crippen LogP contribution in [-0.4, -0.2) is 17.1 Å². The van der Waals surface area contributed by atoms with Gasteiger partial charge in [-0.3, -0.25) is 0 Å². The minimum absolute atomic E-state index is 0.352. The number of nitrogens with two attached hydrogens (primary N) is 1. The predicted molar refractivity (Wildman–Crippen MR) is 88.8 cm³/mol. The van der Waals surface area contributed by atoms with Gasteiger partial charge >= 0.3 is 0 Å². The molecule has 0 bridgehead atoms. The van der Waals surface area contributed by atoms with E-state index in [1.807, 2.05) is 37.3 Å². The van der Waals surface area contributed by atoms with E-state index in [0.717, 1.165) is 27.2 Å². The van der Waals surface area contributed by atoms with Gasteiger partial charge in [0.15, 0.2) is 0 Å². The van der Waals surface area contributed by atoms with Crippen molar-refractivity contribution in [1.82, 2.24) is 4.98 Å². The summed E-state index contributed by atoms with van der Waals surface area (Å²) in [5.74, 6) is 1.44. The molecule has 0 amide bonds. The van der Waals surface area contributed by atoms with Gasteiger partial charge in [-0.25, -0.2) is 4.98 Å². The first-order valence-electron chi connectivity index (χ1n) is 5.88. The molecule has 0 spiro atoms. The first kappa shape index (κ1) is 14.7. The molecule has 3 N–H and O–H groups in total. The number of nitrogens with one attached hydrogen (secondary N) is 1. The first-order chi connectivity index (χ1) is 9.47. The molecule has 0 atom stereocenters. The Morgan fingerprint density at radius 3 is 2.70 bits per heavy atom. The van der Waals surface area contributed by atoms with Crippen LogP contribution in [0, 0.1) is 6.92 Å². The van der Waals surface area contributed by atoms with Crippen molar-refractivity contribution in [3.05, 3.63) is 46.1 Å². The van der Waals surface area contributed by atoms with Gasteiger partial charge in [0.25, 0.3) is 0 Å². The van der Waals surface area contributed by atoms with E-state index in [4.69, 9.17) is 22.7 Å². The van der Waals surface area contributed by atoms with E-state index in [1.54, 1.807) is 7.11 Å². The van der Waals surface area contributed by atoms with Gasteiger partial charge in [-0.15, -0.1) is 0 Å². The van der Waals surface area contributed by atoms with Crippen molar-refractivity contribution in [3.63, 3.8) is 0 Å². The third-order valence-electron chi connectivity index (χ3n) is 2.62. The smallest absolute Gasteiger partial charge is 0.131 e. The summed E-state index contributed by atoms with van der Waals surface area (Å²) in [4.78, 5) is 4.77. The standard InChI is InChI=1S/C14H14BrN3OS/c1-8-3-9(14(16)20)4-13(17-8)18-11-5-10(15)6-12(7-11)19-2/h3-7H,1-2H3,(H2,16,20)(H,17,18). The molecule has 0 saturated heterocycles. The number of thiocarbonyl (C=S) groups is 1. The molecule has 0 saturated carbocycles. The van der Waals surface area contributed by atoms with Crippen LogP contribution in [0.5, 0.6) is 5.75 Å². The van der Waals surface area contributed by atoms with E-state index in [2.05, 4.69) is 26.2 Å². The SMILES string of the molecule is COc1cc(Br)cc(Nc2cc(C(N)=S)cc(C)n2)c1. The molecule has 0 fully saturated rings. The molecule has 2 aromatic rings. The topological polar surface area (TPSA) is 60.2 Å². The second-order valence-electron chi connectivity index (χ2n) is 4.25. The van der Waals surface area contributed by atoms with E-state index in [0.29, 0.717) is 10.8 Å². The third kappa shape index (κ3) is 3.68. The quantitative estimate of drug-likeness (QED) is 0.825. The fourth-order valence-electron chi connectivity index (χ4n) is 1.78. The zero-order valence-electron chi connectivity index (χ0n) is 11.1. The number of aromatic nitrogens is 1. The summed E-state index contributed by atoms with van der Waals surface area (Å²) < 4.78 is 6.15. The van der Waals surface area contributed by atoms with Crippen LogP contribution in [0.3, 0.4) is 0 Å². The molecule has 0 aliphatic rings. The number of rotatable bonds is 4. The first-order valence-corrected chi connectivity index (χ1v) is 7.08. The van der Waals surface area contributed by atoms with Crippen LogP contribution in [0.2, 0.25) is 0 Å². The van der Waals surface area contributed by atoms with Crippen LogP contribution in [0.1, 0.15) is 11.3 Å². The minimum Gasteiger partial charge on any atom is -0.497 e. The van der Waals surface area contributed by atoms with Gasteiger partial charge in [0.05, 0.1) is 7.11 Å². The summed E-state index contributed by atoms with van der Waals surface area (Å²) >= 11 is 8.44. The molecule has 4 nitrogen and oxygen atoms in total. The van der Waals surface area contributed by atoms with Crippen molar-refractivity contribution in [2.45, 2.75) is 6.92 Å². The zero-order valence-corrected chi connectivity index (χ0v) is 13.5. The van der Waals surface area contributed by atoms with Crippen molar-refractivity contribution < 1.29 is 4.74 Å². The van der Waals surface area contributed by atoms with E-state index in [9.17, 15) is 0 Å². The molecule has 0 unspecified atom stereocenters. The maximum atomic E-state index is 5.66. The summed E-state index contributed by atoms with van der Waals surface area (Å²) in [7, 11) is 1.63. The molecule has 104 valence electrons. The predicted octanol–water partition coefficient (Wildman–Crippen LogP) is 3.54. The van der Waals surface area contributed by atoms with E-state index in [1.165, 1.54) is 0 Å². The number of halogens is 1. The van der Waals surface area contributed by atoms with Gasteiger partial charge in [-0.2, -0.15) is 0 Å². The molecule has 1 aromatic carbocycles. The van der Waals surface area contributed by atoms with Crippen LogP contribution in [0.15, 0.2) is 34.8 Å². The number of benzene rings is 1. The van der Waals surface area contributed by atoms with Gasteiger partial charge in [0.1, 0.15) is 16.6 Å². The summed E-state index contributed by atoms with van der Waals surface area (Å²) in [5, 5.41) is 3.22. The Morgan fingerprint density at radius 1 is 1.30 bits per heavy atom. The van der Waals surface area contributed by atoms with Crippen LogP contribution >= 0.6 is 28.1 Å². The second kappa shape index (κ2) is 6.19. The van der Waals surface area contributed by atoms with Crippen molar-refractivity contribution in [2.24, 2.45) is 5.73 Å². The van der Waals surface area contributed by atoms with Crippen molar-refractivity contribution in [1.29, 1.82) is 0 Å². The molecule has 2 rings (SSSR count). The molecule has 0 aliphatic carbocycles. The number of hydrogen-bond acceptors (Lipinski definition) is 4. The minimum atomic E-state index is 0.352. The summed E-state index contributed by atoms with van der Waals surface area (Å²) in [6.07, 6.45) is 0. The Labute approximate surface area is 131 Å². The van der Waals surface area contributed by atoms with E-state index in [-0.39, 0.29) is 0 Å². The van der Waals surface area contributed by atoms with E-state index >= 15 is 0 Å². The van der Waals surface area contributed by atoms with Crippen LogP contribution in [-0.2, 0) is 0 Å². The van der Waals surface area contributed by atoms with Crippen LogP contribution < -0.4 is 15.8 Å². The lowest BCUT2D eigenvalue weighted by molar-refractivity contribution is 0.415. The fraction of sp³-hybridized carbons (Fsp3) is 0.143. The number of nitrogens with zero attached hydrogens (tertiary/aromatic N) is 1. The summed E-state index contributed by atoms with van der Waals surface area (Å²) in [5.41, 5.74) is 8.16. The molecular formula is C14H14BrN3OS. The molecule has 0 radical (unpaired) electrons. The van der Waals surface area contributed by atoms with Gasteiger partial charge < -0.3 is 15.8 Å². The molecule has 0 aliphatic heterocycles. The zero-order chi connectivity index (χ0) is 14.7. The number of methoxy groups -OCH3 is 1. The lowest BCUT2D eigenvalue weighted by Gasteiger charge is -2.10. The summed E-state index contributed by atoms with van der Waals surface area (Å²) in [6.45, 7) is 1.90. The summed E-state index contributed by atoms with van der Waals surface area (Å²) in [6, 6.07) is 9.38. The highest BCUT2D eigenvalue weighted by molar-refractivity contribution is 9.10. The number of aryl methyl sites for hydroxylation is 1. The normalized spacial score (nSPS) is 10.2. The fourth-order valence-corrected chi connectivity index (χ4v) is 2.37. The van der Waals surface area contributed by atoms with Crippen molar-refractivity contribution in [2.75, 3.05) is 12.4 Å². The van der Waals surface area contributed by atoms with Crippen molar-refractivity contribution >= 4 is 44.6 Å². The highest BCUT2D eigenvalue weighted by atomic mass is 79.9. The molecular weight excluding hydrogens is 338 g/mol. The average molecular weight is 352 g/mol. The molecule has 6 heteroatoms. The van der Waals surface area contributed by atoms with Gasteiger partial charge in [0.2, 0.25) is 0 Å². The maximum absolute atomic E-state index is 5.66. The maximum Gasteiger partial charge on any atom is 0.131 e. The average Bonchev–Trinajstić information content (AvgIpc) is 2.37. The Kier molecular flexibility index (Phi) is 4.57. The van der Waals surface area contributed by atoms with Crippen molar-refractivity contribution in [3.8, 4) is 5.75 Å².